The fraction of sp³-hybridized carbons (Fsp3) is 0.143. The zero-order chi connectivity index (χ0) is 13.0. The maximum Gasteiger partial charge on any atom is 0.335 e. The molecule has 2 aromatic rings. The van der Waals surface area contributed by atoms with E-state index in [4.69, 9.17) is 5.11 Å². The molecular formula is C14H14N2O2. The van der Waals surface area contributed by atoms with E-state index >= 15 is 0 Å². The molecule has 92 valence electrons. The number of carbonyl (C=O) groups is 1. The van der Waals surface area contributed by atoms with E-state index in [-0.39, 0.29) is 5.56 Å². The van der Waals surface area contributed by atoms with Gasteiger partial charge in [-0.05, 0) is 42.3 Å². The minimum atomic E-state index is -0.920. The molecule has 0 spiro atoms. The van der Waals surface area contributed by atoms with Gasteiger partial charge in [-0.15, -0.1) is 0 Å². The average molecular weight is 242 g/mol. The summed E-state index contributed by atoms with van der Waals surface area (Å²) < 4.78 is 0. The number of hydrogen-bond donors (Lipinski definition) is 2. The topological polar surface area (TPSA) is 62.2 Å². The van der Waals surface area contributed by atoms with Gasteiger partial charge in [-0.1, -0.05) is 6.07 Å². The molecule has 0 bridgehead atoms. The molecule has 4 nitrogen and oxygen atoms in total. The molecule has 0 aliphatic carbocycles. The summed E-state index contributed by atoms with van der Waals surface area (Å²) in [6.45, 7) is 2.65. The fourth-order valence-corrected chi connectivity index (χ4v) is 1.64. The molecule has 2 N–H and O–H groups in total. The summed E-state index contributed by atoms with van der Waals surface area (Å²) in [5, 5.41) is 12.1. The zero-order valence-electron chi connectivity index (χ0n) is 10.1. The van der Waals surface area contributed by atoms with E-state index in [1.165, 1.54) is 0 Å². The Morgan fingerprint density at radius 3 is 2.94 bits per heavy atom. The molecule has 18 heavy (non-hydrogen) atoms. The van der Waals surface area contributed by atoms with Gasteiger partial charge in [0.15, 0.2) is 0 Å². The smallest absolute Gasteiger partial charge is 0.335 e. The van der Waals surface area contributed by atoms with Gasteiger partial charge < -0.3 is 10.4 Å². The quantitative estimate of drug-likeness (QED) is 0.865. The molecule has 1 aromatic carbocycles. The first-order chi connectivity index (χ1) is 8.66. The van der Waals surface area contributed by atoms with E-state index in [1.54, 1.807) is 24.4 Å². The lowest BCUT2D eigenvalue weighted by Crippen LogP contribution is -2.03. The van der Waals surface area contributed by atoms with Crippen molar-refractivity contribution in [2.45, 2.75) is 13.5 Å². The van der Waals surface area contributed by atoms with Crippen molar-refractivity contribution in [3.8, 4) is 0 Å². The summed E-state index contributed by atoms with van der Waals surface area (Å²) in [7, 11) is 0. The van der Waals surface area contributed by atoms with Gasteiger partial charge in [-0.25, -0.2) is 4.79 Å². The Bertz CT molecular complexity index is 567. The van der Waals surface area contributed by atoms with Crippen molar-refractivity contribution >= 4 is 11.7 Å². The van der Waals surface area contributed by atoms with E-state index in [0.717, 1.165) is 16.8 Å². The van der Waals surface area contributed by atoms with E-state index in [2.05, 4.69) is 10.3 Å². The maximum absolute atomic E-state index is 10.8. The maximum atomic E-state index is 10.8. The molecule has 1 heterocycles. The standard InChI is InChI=1S/C14H14N2O2/c1-10-5-6-15-8-12(10)9-16-13-4-2-3-11(7-13)14(17)18/h2-8,16H,9H2,1H3,(H,17,18). The van der Waals surface area contributed by atoms with E-state index in [1.807, 2.05) is 25.3 Å². The average Bonchev–Trinajstić information content (AvgIpc) is 2.38. The Labute approximate surface area is 105 Å². The highest BCUT2D eigenvalue weighted by Gasteiger charge is 2.03. The molecule has 0 unspecified atom stereocenters. The van der Waals surface area contributed by atoms with E-state index < -0.39 is 5.97 Å². The van der Waals surface area contributed by atoms with Gasteiger partial charge in [0.25, 0.3) is 0 Å². The lowest BCUT2D eigenvalue weighted by Gasteiger charge is -2.08. The van der Waals surface area contributed by atoms with Crippen molar-refractivity contribution in [3.05, 3.63) is 59.4 Å². The second kappa shape index (κ2) is 5.31. The molecule has 2 rings (SSSR count). The van der Waals surface area contributed by atoms with Crippen LogP contribution in [0.25, 0.3) is 0 Å². The van der Waals surface area contributed by atoms with Gasteiger partial charge in [0.2, 0.25) is 0 Å². The summed E-state index contributed by atoms with van der Waals surface area (Å²) >= 11 is 0. The fourth-order valence-electron chi connectivity index (χ4n) is 1.64. The molecular weight excluding hydrogens is 228 g/mol. The second-order valence-corrected chi connectivity index (χ2v) is 4.04. The normalized spacial score (nSPS) is 10.1. The van der Waals surface area contributed by atoms with E-state index in [9.17, 15) is 4.79 Å². The third-order valence-electron chi connectivity index (χ3n) is 2.74. The van der Waals surface area contributed by atoms with Crippen LogP contribution in [0.4, 0.5) is 5.69 Å². The number of nitrogens with one attached hydrogen (secondary N) is 1. The summed E-state index contributed by atoms with van der Waals surface area (Å²) in [5.74, 6) is -0.920. The number of aromatic carboxylic acids is 1. The number of rotatable bonds is 4. The lowest BCUT2D eigenvalue weighted by atomic mass is 10.1. The first kappa shape index (κ1) is 12.1. The largest absolute Gasteiger partial charge is 0.478 e. The molecule has 0 saturated heterocycles. The van der Waals surface area contributed by atoms with Gasteiger partial charge in [0.1, 0.15) is 0 Å². The van der Waals surface area contributed by atoms with Gasteiger partial charge in [0, 0.05) is 24.6 Å². The van der Waals surface area contributed by atoms with Crippen molar-refractivity contribution < 1.29 is 9.90 Å². The first-order valence-corrected chi connectivity index (χ1v) is 5.63. The van der Waals surface area contributed by atoms with Crippen LogP contribution in [0.5, 0.6) is 0 Å². The highest BCUT2D eigenvalue weighted by molar-refractivity contribution is 5.88. The molecule has 0 amide bonds. The summed E-state index contributed by atoms with van der Waals surface area (Å²) in [5.41, 5.74) is 3.33. The lowest BCUT2D eigenvalue weighted by molar-refractivity contribution is 0.0697. The Morgan fingerprint density at radius 2 is 2.22 bits per heavy atom. The molecule has 0 fully saturated rings. The number of anilines is 1. The number of aryl methyl sites for hydroxylation is 1. The van der Waals surface area contributed by atoms with Crippen LogP contribution in [0, 0.1) is 6.92 Å². The number of hydrogen-bond acceptors (Lipinski definition) is 3. The van der Waals surface area contributed by atoms with Crippen molar-refractivity contribution in [1.82, 2.24) is 4.98 Å². The first-order valence-electron chi connectivity index (χ1n) is 5.63. The van der Waals surface area contributed by atoms with Crippen molar-refractivity contribution in [2.75, 3.05) is 5.32 Å². The molecule has 0 radical (unpaired) electrons. The molecule has 4 heteroatoms. The van der Waals surface area contributed by atoms with Crippen LogP contribution in [0.1, 0.15) is 21.5 Å². The highest BCUT2D eigenvalue weighted by Crippen LogP contribution is 2.13. The summed E-state index contributed by atoms with van der Waals surface area (Å²) in [6.07, 6.45) is 3.56. The summed E-state index contributed by atoms with van der Waals surface area (Å²) in [6, 6.07) is 8.71. The number of aromatic nitrogens is 1. The predicted octanol–water partition coefficient (Wildman–Crippen LogP) is 2.70. The van der Waals surface area contributed by atoms with Crippen molar-refractivity contribution in [2.24, 2.45) is 0 Å². The Balaban J connectivity index is 2.09. The van der Waals surface area contributed by atoms with Gasteiger partial charge >= 0.3 is 5.97 Å². The predicted molar refractivity (Wildman–Crippen MR) is 69.7 cm³/mol. The van der Waals surface area contributed by atoms with Crippen molar-refractivity contribution in [1.29, 1.82) is 0 Å². The SMILES string of the molecule is Cc1ccncc1CNc1cccc(C(=O)O)c1. The van der Waals surface area contributed by atoms with Crippen LogP contribution in [-0.2, 0) is 6.54 Å². The number of carboxylic acid groups (broad SMARTS) is 1. The summed E-state index contributed by atoms with van der Waals surface area (Å²) in [4.78, 5) is 14.9. The second-order valence-electron chi connectivity index (χ2n) is 4.04. The van der Waals surface area contributed by atoms with Crippen molar-refractivity contribution in [3.63, 3.8) is 0 Å². The molecule has 0 aliphatic heterocycles. The third kappa shape index (κ3) is 2.85. The van der Waals surface area contributed by atoms with Crippen LogP contribution in [0.15, 0.2) is 42.7 Å². The number of benzene rings is 1. The third-order valence-corrected chi connectivity index (χ3v) is 2.74. The Morgan fingerprint density at radius 1 is 1.39 bits per heavy atom. The Hall–Kier alpha value is -2.36. The van der Waals surface area contributed by atoms with Gasteiger partial charge in [-0.2, -0.15) is 0 Å². The van der Waals surface area contributed by atoms with Crippen LogP contribution in [0.2, 0.25) is 0 Å². The molecule has 1 aromatic heterocycles. The van der Waals surface area contributed by atoms with Crippen LogP contribution < -0.4 is 5.32 Å². The Kier molecular flexibility index (Phi) is 3.57. The number of carboxylic acids is 1. The van der Waals surface area contributed by atoms with Gasteiger partial charge in [-0.3, -0.25) is 4.98 Å². The molecule has 0 atom stereocenters. The number of pyridine rings is 1. The van der Waals surface area contributed by atoms with Gasteiger partial charge in [0.05, 0.1) is 5.56 Å². The molecule has 0 saturated carbocycles. The monoisotopic (exact) mass is 242 g/mol. The highest BCUT2D eigenvalue weighted by atomic mass is 16.4. The van der Waals surface area contributed by atoms with Crippen LogP contribution >= 0.6 is 0 Å². The van der Waals surface area contributed by atoms with Crippen LogP contribution in [-0.4, -0.2) is 16.1 Å². The minimum Gasteiger partial charge on any atom is -0.478 e. The number of nitrogens with zero attached hydrogens (tertiary/aromatic N) is 1. The minimum absolute atomic E-state index is 0.280. The zero-order valence-corrected chi connectivity index (χ0v) is 10.1. The molecule has 0 aliphatic rings. The van der Waals surface area contributed by atoms with E-state index in [0.29, 0.717) is 6.54 Å². The van der Waals surface area contributed by atoms with Crippen LogP contribution in [0.3, 0.4) is 0 Å².